The zero-order chi connectivity index (χ0) is 13.9. The van der Waals surface area contributed by atoms with Crippen LogP contribution in [-0.4, -0.2) is 14.2 Å². The Morgan fingerprint density at radius 2 is 1.67 bits per heavy atom. The number of halogens is 2. The van der Waals surface area contributed by atoms with Crippen molar-refractivity contribution in [2.45, 2.75) is 25.6 Å². The fraction of sp³-hybridized carbons (Fsp3) is 0.571. The second kappa shape index (κ2) is 6.80. The van der Waals surface area contributed by atoms with Crippen LogP contribution < -0.4 is 9.47 Å². The smallest absolute Gasteiger partial charge is 0.141 e. The molecule has 0 aromatic heterocycles. The lowest BCUT2D eigenvalue weighted by atomic mass is 9.90. The molecule has 2 unspecified atom stereocenters. The van der Waals surface area contributed by atoms with Gasteiger partial charge in [0.05, 0.1) is 14.2 Å². The summed E-state index contributed by atoms with van der Waals surface area (Å²) in [4.78, 5) is 0.259. The number of benzene rings is 1. The van der Waals surface area contributed by atoms with Crippen molar-refractivity contribution < 1.29 is 9.47 Å². The van der Waals surface area contributed by atoms with Gasteiger partial charge in [-0.25, -0.2) is 0 Å². The van der Waals surface area contributed by atoms with Crippen molar-refractivity contribution in [3.8, 4) is 11.5 Å². The first-order valence-corrected chi connectivity index (χ1v) is 7.69. The van der Waals surface area contributed by atoms with Crippen LogP contribution in [0.15, 0.2) is 16.6 Å². The molecule has 0 N–H and O–H groups in total. The Bertz CT molecular complexity index is 405. The van der Waals surface area contributed by atoms with Crippen molar-refractivity contribution in [2.24, 2.45) is 11.8 Å². The van der Waals surface area contributed by atoms with Gasteiger partial charge in [0, 0.05) is 10.4 Å². The highest BCUT2D eigenvalue weighted by molar-refractivity contribution is 9.10. The van der Waals surface area contributed by atoms with Gasteiger partial charge in [0.25, 0.3) is 0 Å². The predicted molar refractivity (Wildman–Crippen MR) is 82.9 cm³/mol. The third-order valence-electron chi connectivity index (χ3n) is 3.33. The summed E-state index contributed by atoms with van der Waals surface area (Å²) in [5.74, 6) is 2.73. The van der Waals surface area contributed by atoms with Crippen LogP contribution in [0, 0.1) is 11.8 Å². The lowest BCUT2D eigenvalue weighted by molar-refractivity contribution is 0.373. The molecule has 102 valence electrons. The fourth-order valence-corrected chi connectivity index (χ4v) is 3.41. The van der Waals surface area contributed by atoms with Gasteiger partial charge in [-0.2, -0.15) is 0 Å². The Morgan fingerprint density at radius 3 is 2.11 bits per heavy atom. The average molecular weight is 380 g/mol. The Hall–Kier alpha value is -0.220. The zero-order valence-electron chi connectivity index (χ0n) is 11.5. The Labute approximate surface area is 126 Å². The number of alkyl halides is 1. The van der Waals surface area contributed by atoms with Gasteiger partial charge in [-0.15, -0.1) is 0 Å². The lowest BCUT2D eigenvalue weighted by Crippen LogP contribution is -2.11. The standard InChI is InChI=1S/C14H20Br2O2/c1-8(2)9(3)12(15)10-6-7-11(17-4)13(16)14(10)18-5/h6-9,12H,1-5H3. The van der Waals surface area contributed by atoms with E-state index in [1.807, 2.05) is 6.07 Å². The van der Waals surface area contributed by atoms with E-state index in [2.05, 4.69) is 58.7 Å². The van der Waals surface area contributed by atoms with Crippen LogP contribution in [0.5, 0.6) is 11.5 Å². The molecule has 1 rings (SSSR count). The second-order valence-corrected chi connectivity index (χ2v) is 6.49. The summed E-state index contributed by atoms with van der Waals surface area (Å²) >= 11 is 7.32. The maximum absolute atomic E-state index is 5.51. The highest BCUT2D eigenvalue weighted by atomic mass is 79.9. The summed E-state index contributed by atoms with van der Waals surface area (Å²) in [6.45, 7) is 6.69. The van der Waals surface area contributed by atoms with E-state index in [1.165, 1.54) is 0 Å². The average Bonchev–Trinajstić information content (AvgIpc) is 2.36. The third kappa shape index (κ3) is 3.21. The molecule has 4 heteroatoms. The van der Waals surface area contributed by atoms with Gasteiger partial charge in [0.15, 0.2) is 0 Å². The van der Waals surface area contributed by atoms with Crippen LogP contribution in [0.25, 0.3) is 0 Å². The topological polar surface area (TPSA) is 18.5 Å². The van der Waals surface area contributed by atoms with Gasteiger partial charge < -0.3 is 9.47 Å². The van der Waals surface area contributed by atoms with E-state index in [9.17, 15) is 0 Å². The van der Waals surface area contributed by atoms with E-state index < -0.39 is 0 Å². The van der Waals surface area contributed by atoms with E-state index in [-0.39, 0.29) is 4.83 Å². The molecule has 2 atom stereocenters. The molecule has 18 heavy (non-hydrogen) atoms. The quantitative estimate of drug-likeness (QED) is 0.655. The molecular weight excluding hydrogens is 360 g/mol. The van der Waals surface area contributed by atoms with Crippen LogP contribution in [0.3, 0.4) is 0 Å². The number of ether oxygens (including phenoxy) is 2. The van der Waals surface area contributed by atoms with Gasteiger partial charge in [0.2, 0.25) is 0 Å². The monoisotopic (exact) mass is 378 g/mol. The largest absolute Gasteiger partial charge is 0.495 e. The highest BCUT2D eigenvalue weighted by Gasteiger charge is 2.24. The molecule has 1 aromatic rings. The molecule has 2 nitrogen and oxygen atoms in total. The summed E-state index contributed by atoms with van der Waals surface area (Å²) in [5, 5.41) is 0. The third-order valence-corrected chi connectivity index (χ3v) is 5.40. The van der Waals surface area contributed by atoms with E-state index in [4.69, 9.17) is 9.47 Å². The van der Waals surface area contributed by atoms with Gasteiger partial charge in [0.1, 0.15) is 16.0 Å². The zero-order valence-corrected chi connectivity index (χ0v) is 14.6. The minimum atomic E-state index is 0.259. The van der Waals surface area contributed by atoms with Crippen molar-refractivity contribution in [2.75, 3.05) is 14.2 Å². The molecule has 0 fully saturated rings. The molecule has 1 aromatic carbocycles. The molecule has 0 spiro atoms. The van der Waals surface area contributed by atoms with Crippen molar-refractivity contribution in [3.63, 3.8) is 0 Å². The summed E-state index contributed by atoms with van der Waals surface area (Å²) in [6, 6.07) is 4.02. The molecular formula is C14H20Br2O2. The lowest BCUT2D eigenvalue weighted by Gasteiger charge is -2.24. The van der Waals surface area contributed by atoms with Gasteiger partial charge in [-0.1, -0.05) is 42.8 Å². The number of hydrogen-bond donors (Lipinski definition) is 0. The maximum Gasteiger partial charge on any atom is 0.141 e. The number of methoxy groups -OCH3 is 2. The predicted octanol–water partition coefficient (Wildman–Crippen LogP) is 5.19. The molecule has 0 bridgehead atoms. The summed E-state index contributed by atoms with van der Waals surface area (Å²) in [7, 11) is 3.34. The summed E-state index contributed by atoms with van der Waals surface area (Å²) in [6.07, 6.45) is 0. The molecule has 0 heterocycles. The minimum Gasteiger partial charge on any atom is -0.495 e. The molecule has 0 aliphatic rings. The van der Waals surface area contributed by atoms with Gasteiger partial charge in [-0.3, -0.25) is 0 Å². The first kappa shape index (κ1) is 15.8. The van der Waals surface area contributed by atoms with Crippen molar-refractivity contribution in [1.29, 1.82) is 0 Å². The molecule has 0 saturated heterocycles. The van der Waals surface area contributed by atoms with E-state index in [0.717, 1.165) is 21.5 Å². The molecule has 0 amide bonds. The minimum absolute atomic E-state index is 0.259. The van der Waals surface area contributed by atoms with Crippen molar-refractivity contribution in [3.05, 3.63) is 22.2 Å². The Balaban J connectivity index is 3.20. The SMILES string of the molecule is COc1ccc(C(Br)C(C)C(C)C)c(OC)c1Br. The van der Waals surface area contributed by atoms with Crippen molar-refractivity contribution >= 4 is 31.9 Å². The highest BCUT2D eigenvalue weighted by Crippen LogP contribution is 2.45. The van der Waals surface area contributed by atoms with Crippen LogP contribution in [0.2, 0.25) is 0 Å². The van der Waals surface area contributed by atoms with Gasteiger partial charge >= 0.3 is 0 Å². The fourth-order valence-electron chi connectivity index (χ4n) is 1.76. The Kier molecular flexibility index (Phi) is 5.99. The molecule has 0 radical (unpaired) electrons. The number of rotatable bonds is 5. The summed E-state index contributed by atoms with van der Waals surface area (Å²) < 4.78 is 11.7. The first-order chi connectivity index (χ1) is 8.43. The van der Waals surface area contributed by atoms with Crippen LogP contribution >= 0.6 is 31.9 Å². The normalized spacial score (nSPS) is 14.4. The van der Waals surface area contributed by atoms with Crippen LogP contribution in [0.1, 0.15) is 31.2 Å². The van der Waals surface area contributed by atoms with E-state index in [0.29, 0.717) is 11.8 Å². The first-order valence-electron chi connectivity index (χ1n) is 5.98. The van der Waals surface area contributed by atoms with E-state index in [1.54, 1.807) is 14.2 Å². The van der Waals surface area contributed by atoms with E-state index >= 15 is 0 Å². The molecule has 0 saturated carbocycles. The maximum atomic E-state index is 5.51. The van der Waals surface area contributed by atoms with Gasteiger partial charge in [-0.05, 0) is 33.8 Å². The molecule has 0 aliphatic heterocycles. The number of hydrogen-bond acceptors (Lipinski definition) is 2. The second-order valence-electron chi connectivity index (χ2n) is 4.71. The van der Waals surface area contributed by atoms with Crippen LogP contribution in [0.4, 0.5) is 0 Å². The molecule has 0 aliphatic carbocycles. The van der Waals surface area contributed by atoms with Crippen molar-refractivity contribution in [1.82, 2.24) is 0 Å². The Morgan fingerprint density at radius 1 is 1.06 bits per heavy atom. The summed E-state index contributed by atoms with van der Waals surface area (Å²) in [5.41, 5.74) is 1.14. The van der Waals surface area contributed by atoms with Crippen LogP contribution in [-0.2, 0) is 0 Å².